The summed E-state index contributed by atoms with van der Waals surface area (Å²) in [5.41, 5.74) is 0.116. The fourth-order valence-electron chi connectivity index (χ4n) is 5.15. The highest BCUT2D eigenvalue weighted by Gasteiger charge is 2.49. The molecule has 1 saturated carbocycles. The molecule has 1 aliphatic heterocycles. The first-order valence-electron chi connectivity index (χ1n) is 12.2. The van der Waals surface area contributed by atoms with E-state index in [1.165, 1.54) is 26.3 Å². The molecule has 2 aromatic rings. The van der Waals surface area contributed by atoms with Gasteiger partial charge < -0.3 is 19.5 Å². The smallest absolute Gasteiger partial charge is 0.359 e. The molecule has 1 aromatic carbocycles. The first-order valence-corrected chi connectivity index (χ1v) is 12.2. The van der Waals surface area contributed by atoms with Crippen molar-refractivity contribution in [2.75, 3.05) is 13.7 Å². The van der Waals surface area contributed by atoms with Crippen LogP contribution >= 0.6 is 0 Å². The molecule has 2 atom stereocenters. The average Bonchev–Trinajstić information content (AvgIpc) is 3.09. The molecule has 1 fully saturated rings. The number of imidazole rings is 1. The number of fused-ring (bicyclic) bond motifs is 1. The van der Waals surface area contributed by atoms with Crippen LogP contribution in [0.4, 0.5) is 0 Å². The van der Waals surface area contributed by atoms with Gasteiger partial charge in [0.05, 0.1) is 20.0 Å². The Morgan fingerprint density at radius 2 is 1.85 bits per heavy atom. The van der Waals surface area contributed by atoms with Gasteiger partial charge in [-0.2, -0.15) is 0 Å². The van der Waals surface area contributed by atoms with E-state index in [-0.39, 0.29) is 41.7 Å². The van der Waals surface area contributed by atoms with Crippen LogP contribution in [-0.2, 0) is 16.1 Å². The highest BCUT2D eigenvalue weighted by molar-refractivity contribution is 6.06. The normalized spacial score (nSPS) is 22.0. The van der Waals surface area contributed by atoms with E-state index in [0.29, 0.717) is 6.54 Å². The summed E-state index contributed by atoms with van der Waals surface area (Å²) in [6.45, 7) is 4.41. The molecule has 0 spiro atoms. The molecule has 182 valence electrons. The Labute approximate surface area is 200 Å². The van der Waals surface area contributed by atoms with Gasteiger partial charge in [0.2, 0.25) is 5.91 Å². The zero-order valence-electron chi connectivity index (χ0n) is 20.3. The lowest BCUT2D eigenvalue weighted by Crippen LogP contribution is -2.65. The number of aromatic nitrogens is 2. The summed E-state index contributed by atoms with van der Waals surface area (Å²) in [7, 11) is 1.26. The third-order valence-electron chi connectivity index (χ3n) is 7.24. The summed E-state index contributed by atoms with van der Waals surface area (Å²) in [5.74, 6) is -1.21. The number of benzene rings is 1. The molecule has 4 rings (SSSR count). The molecular weight excluding hydrogens is 432 g/mol. The van der Waals surface area contributed by atoms with Crippen molar-refractivity contribution in [3.8, 4) is 0 Å². The Morgan fingerprint density at radius 1 is 1.18 bits per heavy atom. The van der Waals surface area contributed by atoms with E-state index in [1.54, 1.807) is 9.47 Å². The number of hydrogen-bond donors (Lipinski definition) is 1. The monoisotopic (exact) mass is 466 g/mol. The van der Waals surface area contributed by atoms with Crippen LogP contribution < -0.4 is 5.32 Å². The third-order valence-corrected chi connectivity index (χ3v) is 7.24. The molecule has 34 heavy (non-hydrogen) atoms. The second kappa shape index (κ2) is 9.99. The standard InChI is InChI=1S/C26H34N4O4/c1-18(19-11-7-6-8-12-19)15-30-23(31)22-21(24(32)34-3)27-17-29(22)16-26(30,2)25(33)28-20-13-9-4-5-10-14-20/h6-8,11-12,17-18,20H,4-5,9-10,13-16H2,1-3H3,(H,28,33)/t18-,26-/m1/s1. The first kappa shape index (κ1) is 24.0. The van der Waals surface area contributed by atoms with Gasteiger partial charge in [-0.05, 0) is 31.2 Å². The second-order valence-corrected chi connectivity index (χ2v) is 9.72. The number of amides is 2. The fourth-order valence-corrected chi connectivity index (χ4v) is 5.15. The van der Waals surface area contributed by atoms with E-state index in [9.17, 15) is 14.4 Å². The van der Waals surface area contributed by atoms with Crippen LogP contribution in [0.25, 0.3) is 0 Å². The van der Waals surface area contributed by atoms with Gasteiger partial charge in [-0.3, -0.25) is 9.59 Å². The van der Waals surface area contributed by atoms with Crippen molar-refractivity contribution in [1.82, 2.24) is 19.8 Å². The lowest BCUT2D eigenvalue weighted by Gasteiger charge is -2.45. The summed E-state index contributed by atoms with van der Waals surface area (Å²) >= 11 is 0. The number of carbonyl (C=O) groups is 3. The van der Waals surface area contributed by atoms with Gasteiger partial charge in [-0.1, -0.05) is 62.9 Å². The maximum atomic E-state index is 13.8. The molecule has 1 aliphatic carbocycles. The first-order chi connectivity index (χ1) is 16.3. The highest BCUT2D eigenvalue weighted by atomic mass is 16.5. The molecule has 1 aromatic heterocycles. The zero-order chi connectivity index (χ0) is 24.3. The number of carbonyl (C=O) groups excluding carboxylic acids is 3. The number of esters is 1. The van der Waals surface area contributed by atoms with E-state index in [1.807, 2.05) is 44.2 Å². The van der Waals surface area contributed by atoms with Gasteiger partial charge in [0.25, 0.3) is 5.91 Å². The second-order valence-electron chi connectivity index (χ2n) is 9.72. The van der Waals surface area contributed by atoms with Crippen molar-refractivity contribution >= 4 is 17.8 Å². The van der Waals surface area contributed by atoms with Crippen molar-refractivity contribution in [2.45, 2.75) is 76.4 Å². The maximum Gasteiger partial charge on any atom is 0.359 e. The van der Waals surface area contributed by atoms with Crippen LogP contribution in [0.15, 0.2) is 36.7 Å². The van der Waals surface area contributed by atoms with Crippen LogP contribution in [0.2, 0.25) is 0 Å². The predicted octanol–water partition coefficient (Wildman–Crippen LogP) is 3.53. The van der Waals surface area contributed by atoms with Gasteiger partial charge in [0.15, 0.2) is 5.69 Å². The van der Waals surface area contributed by atoms with Crippen LogP contribution in [0.1, 0.15) is 84.8 Å². The molecule has 1 N–H and O–H groups in total. The molecule has 0 bridgehead atoms. The number of rotatable bonds is 6. The predicted molar refractivity (Wildman–Crippen MR) is 127 cm³/mol. The molecule has 0 radical (unpaired) electrons. The van der Waals surface area contributed by atoms with Gasteiger partial charge in [0.1, 0.15) is 11.2 Å². The Balaban J connectivity index is 1.68. The molecule has 0 unspecified atom stereocenters. The van der Waals surface area contributed by atoms with Crippen LogP contribution in [0.3, 0.4) is 0 Å². The van der Waals surface area contributed by atoms with Gasteiger partial charge in [-0.15, -0.1) is 0 Å². The lowest BCUT2D eigenvalue weighted by molar-refractivity contribution is -0.133. The average molecular weight is 467 g/mol. The van der Waals surface area contributed by atoms with Gasteiger partial charge >= 0.3 is 5.97 Å². The summed E-state index contributed by atoms with van der Waals surface area (Å²) in [6, 6.07) is 10.0. The SMILES string of the molecule is COC(=O)c1ncn2c1C(=O)N(C[C@@H](C)c1ccccc1)[C@@](C)(C(=O)NC1CCCCCC1)C2. The largest absolute Gasteiger partial charge is 0.464 e. The zero-order valence-corrected chi connectivity index (χ0v) is 20.3. The quantitative estimate of drug-likeness (QED) is 0.519. The number of nitrogens with zero attached hydrogens (tertiary/aromatic N) is 3. The van der Waals surface area contributed by atoms with Crippen molar-refractivity contribution in [3.05, 3.63) is 53.6 Å². The van der Waals surface area contributed by atoms with Crippen molar-refractivity contribution < 1.29 is 19.1 Å². The third kappa shape index (κ3) is 4.58. The minimum absolute atomic E-state index is 0.00814. The molecule has 0 saturated heterocycles. The van der Waals surface area contributed by atoms with Crippen molar-refractivity contribution in [1.29, 1.82) is 0 Å². The minimum Gasteiger partial charge on any atom is -0.464 e. The molecule has 2 aliphatic rings. The number of ether oxygens (including phenoxy) is 1. The minimum atomic E-state index is -1.12. The summed E-state index contributed by atoms with van der Waals surface area (Å²) in [4.78, 5) is 45.6. The summed E-state index contributed by atoms with van der Waals surface area (Å²) < 4.78 is 6.46. The van der Waals surface area contributed by atoms with Gasteiger partial charge in [-0.25, -0.2) is 9.78 Å². The number of nitrogens with one attached hydrogen (secondary N) is 1. The molecule has 2 amide bonds. The van der Waals surface area contributed by atoms with Crippen LogP contribution in [0.5, 0.6) is 0 Å². The van der Waals surface area contributed by atoms with Crippen LogP contribution in [-0.4, -0.2) is 57.5 Å². The highest BCUT2D eigenvalue weighted by Crippen LogP contribution is 2.32. The maximum absolute atomic E-state index is 13.8. The molecule has 8 nitrogen and oxygen atoms in total. The van der Waals surface area contributed by atoms with E-state index >= 15 is 0 Å². The summed E-state index contributed by atoms with van der Waals surface area (Å²) in [6.07, 6.45) is 7.95. The number of hydrogen-bond acceptors (Lipinski definition) is 5. The topological polar surface area (TPSA) is 93.5 Å². The molecule has 2 heterocycles. The number of methoxy groups -OCH3 is 1. The van der Waals surface area contributed by atoms with Crippen molar-refractivity contribution in [2.24, 2.45) is 0 Å². The van der Waals surface area contributed by atoms with E-state index < -0.39 is 11.5 Å². The fraction of sp³-hybridized carbons (Fsp3) is 0.538. The lowest BCUT2D eigenvalue weighted by atomic mass is 9.90. The Morgan fingerprint density at radius 3 is 2.50 bits per heavy atom. The van der Waals surface area contributed by atoms with Crippen LogP contribution in [0, 0.1) is 0 Å². The summed E-state index contributed by atoms with van der Waals surface area (Å²) in [5, 5.41) is 3.25. The molecule has 8 heteroatoms. The van der Waals surface area contributed by atoms with E-state index in [0.717, 1.165) is 31.2 Å². The molecular formula is C26H34N4O4. The van der Waals surface area contributed by atoms with Gasteiger partial charge in [0, 0.05) is 12.6 Å². The Kier molecular flexibility index (Phi) is 7.05. The Bertz CT molecular complexity index is 1040. The Hall–Kier alpha value is -3.16. The van der Waals surface area contributed by atoms with Crippen molar-refractivity contribution in [3.63, 3.8) is 0 Å². The van der Waals surface area contributed by atoms with E-state index in [2.05, 4.69) is 10.3 Å². The van der Waals surface area contributed by atoms with E-state index in [4.69, 9.17) is 4.74 Å².